The summed E-state index contributed by atoms with van der Waals surface area (Å²) in [4.78, 5) is 10.8. The molecule has 0 amide bonds. The van der Waals surface area contributed by atoms with E-state index in [1.54, 1.807) is 24.5 Å². The van der Waals surface area contributed by atoms with Gasteiger partial charge in [0.25, 0.3) is 0 Å². The Morgan fingerprint density at radius 2 is 1.83 bits per heavy atom. The van der Waals surface area contributed by atoms with Crippen molar-refractivity contribution in [1.82, 2.24) is 9.97 Å². The highest BCUT2D eigenvalue weighted by atomic mass is 35.5. The van der Waals surface area contributed by atoms with Gasteiger partial charge in [-0.25, -0.2) is 14.4 Å². The topological polar surface area (TPSA) is 71.3 Å². The summed E-state index contributed by atoms with van der Waals surface area (Å²) in [6.07, 6.45) is 5.70. The molecule has 0 N–H and O–H groups in total. The molecule has 0 saturated carbocycles. The number of rotatable bonds is 4. The Kier molecular flexibility index (Phi) is 6.24. The first kappa shape index (κ1) is 20.0. The first-order chi connectivity index (χ1) is 14.1. The van der Waals surface area contributed by atoms with Crippen molar-refractivity contribution < 1.29 is 13.9 Å². The van der Waals surface area contributed by atoms with Gasteiger partial charge in [-0.15, -0.1) is 0 Å². The number of benzene rings is 1. The third-order valence-corrected chi connectivity index (χ3v) is 5.72. The quantitative estimate of drug-likeness (QED) is 0.746. The van der Waals surface area contributed by atoms with E-state index in [0.29, 0.717) is 35.6 Å². The minimum absolute atomic E-state index is 0.287. The number of halogens is 2. The highest BCUT2D eigenvalue weighted by Gasteiger charge is 2.29. The number of hydrogen-bond acceptors (Lipinski definition) is 6. The van der Waals surface area contributed by atoms with Crippen LogP contribution in [0.25, 0.3) is 0 Å². The van der Waals surface area contributed by atoms with Crippen LogP contribution in [0.5, 0.6) is 0 Å². The predicted molar refractivity (Wildman–Crippen MR) is 106 cm³/mol. The summed E-state index contributed by atoms with van der Waals surface area (Å²) >= 11 is 5.85. The second-order valence-corrected chi connectivity index (χ2v) is 8.02. The largest absolute Gasteiger partial charge is 0.348 e. The van der Waals surface area contributed by atoms with Crippen molar-refractivity contribution in [3.05, 3.63) is 52.6 Å². The lowest BCUT2D eigenvalue weighted by atomic mass is 9.87. The molecule has 3 heterocycles. The fourth-order valence-electron chi connectivity index (χ4n) is 3.96. The van der Waals surface area contributed by atoms with Gasteiger partial charge in [0.05, 0.1) is 42.3 Å². The molecule has 152 valence electrons. The summed E-state index contributed by atoms with van der Waals surface area (Å²) in [5.74, 6) is 1.16. The number of aromatic nitrogens is 2. The van der Waals surface area contributed by atoms with Crippen LogP contribution in [0.3, 0.4) is 0 Å². The maximum atomic E-state index is 14.2. The summed E-state index contributed by atoms with van der Waals surface area (Å²) < 4.78 is 25.7. The van der Waals surface area contributed by atoms with E-state index in [1.807, 2.05) is 6.07 Å². The SMILES string of the molecule is N#Cc1ccc([C@H]2OC[C@H](CC3CCN(c4ncc(Cl)cn4)CC3)CO2)c(F)c1. The van der Waals surface area contributed by atoms with E-state index in [0.717, 1.165) is 38.3 Å². The van der Waals surface area contributed by atoms with Gasteiger partial charge in [-0.05, 0) is 43.4 Å². The molecule has 4 rings (SSSR count). The lowest BCUT2D eigenvalue weighted by Gasteiger charge is -2.35. The summed E-state index contributed by atoms with van der Waals surface area (Å²) in [6, 6.07) is 6.28. The highest BCUT2D eigenvalue weighted by Crippen LogP contribution is 2.32. The summed E-state index contributed by atoms with van der Waals surface area (Å²) in [5.41, 5.74) is 0.633. The molecule has 0 spiro atoms. The Morgan fingerprint density at radius 1 is 1.14 bits per heavy atom. The van der Waals surface area contributed by atoms with Crippen molar-refractivity contribution in [2.45, 2.75) is 25.6 Å². The van der Waals surface area contributed by atoms with Gasteiger partial charge in [-0.2, -0.15) is 5.26 Å². The van der Waals surface area contributed by atoms with E-state index in [4.69, 9.17) is 26.3 Å². The Bertz CT molecular complexity index is 873. The zero-order chi connectivity index (χ0) is 20.2. The van der Waals surface area contributed by atoms with Crippen LogP contribution in [0.2, 0.25) is 5.02 Å². The molecule has 0 aliphatic carbocycles. The van der Waals surface area contributed by atoms with Gasteiger partial charge in [0.2, 0.25) is 5.95 Å². The second-order valence-electron chi connectivity index (χ2n) is 7.58. The van der Waals surface area contributed by atoms with Crippen molar-refractivity contribution in [3.63, 3.8) is 0 Å². The van der Waals surface area contributed by atoms with Gasteiger partial charge in [0, 0.05) is 24.6 Å². The molecule has 8 heteroatoms. The van der Waals surface area contributed by atoms with E-state index in [1.165, 1.54) is 6.07 Å². The van der Waals surface area contributed by atoms with Gasteiger partial charge < -0.3 is 14.4 Å². The standard InChI is InChI=1S/C21H22ClFN4O2/c22-17-10-25-21(26-11-17)27-5-3-14(4-6-27)7-16-12-28-20(29-13-16)18-2-1-15(9-24)8-19(18)23/h1-2,8,10-11,14,16,20H,3-7,12-13H2/t16-,20-. The minimum atomic E-state index is -0.706. The number of nitriles is 1. The molecule has 0 bridgehead atoms. The summed E-state index contributed by atoms with van der Waals surface area (Å²) in [5, 5.41) is 9.39. The minimum Gasteiger partial charge on any atom is -0.348 e. The predicted octanol–water partition coefficient (Wildman–Crippen LogP) is 4.11. The van der Waals surface area contributed by atoms with Crippen LogP contribution in [0.1, 0.15) is 36.7 Å². The molecule has 2 saturated heterocycles. The Balaban J connectivity index is 1.24. The lowest BCUT2D eigenvalue weighted by molar-refractivity contribution is -0.208. The molecule has 2 fully saturated rings. The molecule has 2 aliphatic rings. The molecule has 0 atom stereocenters. The third-order valence-electron chi connectivity index (χ3n) is 5.52. The van der Waals surface area contributed by atoms with Crippen LogP contribution < -0.4 is 4.90 Å². The smallest absolute Gasteiger partial charge is 0.225 e. The molecule has 29 heavy (non-hydrogen) atoms. The van der Waals surface area contributed by atoms with Crippen molar-refractivity contribution >= 4 is 17.5 Å². The van der Waals surface area contributed by atoms with E-state index < -0.39 is 12.1 Å². The van der Waals surface area contributed by atoms with Crippen LogP contribution in [0.15, 0.2) is 30.6 Å². The number of nitrogens with zero attached hydrogens (tertiary/aromatic N) is 4. The normalized spacial score (nSPS) is 23.0. The highest BCUT2D eigenvalue weighted by molar-refractivity contribution is 6.30. The molecule has 0 unspecified atom stereocenters. The van der Waals surface area contributed by atoms with Crippen LogP contribution in [-0.2, 0) is 9.47 Å². The van der Waals surface area contributed by atoms with Gasteiger partial charge in [-0.1, -0.05) is 11.6 Å². The Hall–Kier alpha value is -2.27. The molecule has 0 radical (unpaired) electrons. The van der Waals surface area contributed by atoms with E-state index in [2.05, 4.69) is 14.9 Å². The first-order valence-corrected chi connectivity index (χ1v) is 10.2. The molecular formula is C21H22ClFN4O2. The molecular weight excluding hydrogens is 395 g/mol. The Labute approximate surface area is 174 Å². The van der Waals surface area contributed by atoms with E-state index >= 15 is 0 Å². The number of piperidine rings is 1. The summed E-state index contributed by atoms with van der Waals surface area (Å²) in [6.45, 7) is 2.93. The Morgan fingerprint density at radius 3 is 2.45 bits per heavy atom. The molecule has 1 aromatic carbocycles. The van der Waals surface area contributed by atoms with Gasteiger partial charge in [0.15, 0.2) is 6.29 Å². The molecule has 2 aliphatic heterocycles. The maximum Gasteiger partial charge on any atom is 0.225 e. The number of ether oxygens (including phenoxy) is 2. The average molecular weight is 417 g/mol. The number of anilines is 1. The van der Waals surface area contributed by atoms with Gasteiger partial charge in [-0.3, -0.25) is 0 Å². The monoisotopic (exact) mass is 416 g/mol. The lowest BCUT2D eigenvalue weighted by Crippen LogP contribution is -2.37. The first-order valence-electron chi connectivity index (χ1n) is 9.77. The van der Waals surface area contributed by atoms with Crippen LogP contribution in [-0.4, -0.2) is 36.3 Å². The average Bonchev–Trinajstić information content (AvgIpc) is 2.75. The second kappa shape index (κ2) is 9.04. The summed E-state index contributed by atoms with van der Waals surface area (Å²) in [7, 11) is 0. The maximum absolute atomic E-state index is 14.2. The van der Waals surface area contributed by atoms with E-state index in [9.17, 15) is 4.39 Å². The van der Waals surface area contributed by atoms with Crippen LogP contribution >= 0.6 is 11.6 Å². The fourth-order valence-corrected chi connectivity index (χ4v) is 4.05. The van der Waals surface area contributed by atoms with E-state index in [-0.39, 0.29) is 5.56 Å². The van der Waals surface area contributed by atoms with Gasteiger partial charge >= 0.3 is 0 Å². The molecule has 1 aromatic heterocycles. The molecule has 2 aromatic rings. The van der Waals surface area contributed by atoms with Crippen molar-refractivity contribution in [2.75, 3.05) is 31.2 Å². The van der Waals surface area contributed by atoms with Crippen molar-refractivity contribution in [1.29, 1.82) is 5.26 Å². The van der Waals surface area contributed by atoms with Crippen molar-refractivity contribution in [3.8, 4) is 6.07 Å². The van der Waals surface area contributed by atoms with Gasteiger partial charge in [0.1, 0.15) is 5.82 Å². The third kappa shape index (κ3) is 4.84. The number of hydrogen-bond donors (Lipinski definition) is 0. The molecule has 6 nitrogen and oxygen atoms in total. The fraction of sp³-hybridized carbons (Fsp3) is 0.476. The van der Waals surface area contributed by atoms with Crippen molar-refractivity contribution in [2.24, 2.45) is 11.8 Å². The van der Waals surface area contributed by atoms with Crippen LogP contribution in [0, 0.1) is 29.0 Å². The zero-order valence-corrected chi connectivity index (χ0v) is 16.7. The zero-order valence-electron chi connectivity index (χ0n) is 15.9. The van der Waals surface area contributed by atoms with Crippen LogP contribution in [0.4, 0.5) is 10.3 Å².